The first-order valence-electron chi connectivity index (χ1n) is 12.5. The molecule has 2 aliphatic heterocycles. The number of nitrogens with zero attached hydrogens (tertiary/aromatic N) is 2. The second-order valence-corrected chi connectivity index (χ2v) is 9.90. The second kappa shape index (κ2) is 11.7. The van der Waals surface area contributed by atoms with Crippen molar-refractivity contribution in [3.63, 3.8) is 0 Å². The summed E-state index contributed by atoms with van der Waals surface area (Å²) in [6, 6.07) is 15.5. The van der Waals surface area contributed by atoms with Gasteiger partial charge in [0.15, 0.2) is 5.11 Å². The van der Waals surface area contributed by atoms with E-state index in [1.807, 2.05) is 35.2 Å². The number of hydrogen-bond acceptors (Lipinski definition) is 4. The van der Waals surface area contributed by atoms with E-state index in [1.165, 1.54) is 6.07 Å². The number of para-hydroxylation sites is 1. The van der Waals surface area contributed by atoms with E-state index in [1.54, 1.807) is 25.1 Å². The van der Waals surface area contributed by atoms with Crippen LogP contribution < -0.4 is 10.6 Å². The fourth-order valence-corrected chi connectivity index (χ4v) is 5.35. The van der Waals surface area contributed by atoms with Crippen LogP contribution in [0.3, 0.4) is 0 Å². The lowest BCUT2D eigenvalue weighted by Crippen LogP contribution is -2.50. The van der Waals surface area contributed by atoms with E-state index in [9.17, 15) is 14.0 Å². The topological polar surface area (TPSA) is 73.9 Å². The number of piperidine rings is 1. The normalized spacial score (nSPS) is 17.5. The Morgan fingerprint density at radius 3 is 2.33 bits per heavy atom. The minimum Gasteiger partial charge on any atom is -0.450 e. The number of hydrogen-bond donors (Lipinski definition) is 2. The molecule has 0 radical (unpaired) electrons. The second-order valence-electron chi connectivity index (χ2n) is 9.51. The van der Waals surface area contributed by atoms with E-state index in [-0.39, 0.29) is 23.7 Å². The summed E-state index contributed by atoms with van der Waals surface area (Å²) >= 11 is 5.53. The Balaban J connectivity index is 1.35. The molecule has 7 nitrogen and oxygen atoms in total. The number of halogens is 1. The molecule has 2 aliphatic rings. The first-order chi connectivity index (χ1) is 17.4. The van der Waals surface area contributed by atoms with Crippen molar-refractivity contribution in [2.45, 2.75) is 38.6 Å². The summed E-state index contributed by atoms with van der Waals surface area (Å²) in [5, 5.41) is 6.30. The molecule has 0 unspecified atom stereocenters. The third kappa shape index (κ3) is 6.32. The number of carbonyl (C=O) groups is 2. The highest BCUT2D eigenvalue weighted by Crippen LogP contribution is 2.40. The van der Waals surface area contributed by atoms with Gasteiger partial charge < -0.3 is 25.2 Å². The minimum atomic E-state index is -0.681. The molecule has 2 heterocycles. The monoisotopic (exact) mass is 512 g/mol. The first kappa shape index (κ1) is 25.9. The maximum atomic E-state index is 14.0. The lowest BCUT2D eigenvalue weighted by molar-refractivity contribution is -0.132. The van der Waals surface area contributed by atoms with E-state index in [2.05, 4.69) is 15.5 Å². The van der Waals surface area contributed by atoms with Gasteiger partial charge in [-0.1, -0.05) is 42.5 Å². The van der Waals surface area contributed by atoms with Gasteiger partial charge in [0.25, 0.3) is 0 Å². The Morgan fingerprint density at radius 2 is 1.67 bits per heavy atom. The zero-order valence-corrected chi connectivity index (χ0v) is 21.4. The molecule has 2 fully saturated rings. The number of likely N-dealkylation sites (tertiary alicyclic amines) is 2. The predicted molar refractivity (Wildman–Crippen MR) is 141 cm³/mol. The van der Waals surface area contributed by atoms with E-state index in [0.717, 1.165) is 37.9 Å². The molecular formula is C27H33FN4O3S. The number of nitrogens with one attached hydrogen (secondary N) is 2. The Bertz CT molecular complexity index is 1080. The van der Waals surface area contributed by atoms with E-state index in [4.69, 9.17) is 17.0 Å². The molecule has 0 saturated carbocycles. The number of ether oxygens (including phenoxy) is 1. The lowest BCUT2D eigenvalue weighted by atomic mass is 9.78. The largest absolute Gasteiger partial charge is 0.450 e. The van der Waals surface area contributed by atoms with Gasteiger partial charge in [-0.05, 0) is 61.5 Å². The van der Waals surface area contributed by atoms with Gasteiger partial charge in [-0.25, -0.2) is 9.18 Å². The van der Waals surface area contributed by atoms with Crippen LogP contribution in [0.4, 0.5) is 14.9 Å². The summed E-state index contributed by atoms with van der Waals surface area (Å²) < 4.78 is 19.0. The Hall–Kier alpha value is -3.20. The van der Waals surface area contributed by atoms with Crippen molar-refractivity contribution in [2.24, 2.45) is 5.41 Å². The highest BCUT2D eigenvalue weighted by molar-refractivity contribution is 7.80. The van der Waals surface area contributed by atoms with Gasteiger partial charge in [0.2, 0.25) is 5.91 Å². The number of benzene rings is 2. The minimum absolute atomic E-state index is 0.0288. The van der Waals surface area contributed by atoms with Gasteiger partial charge in [0.05, 0.1) is 12.3 Å². The van der Waals surface area contributed by atoms with Crippen molar-refractivity contribution >= 4 is 35.0 Å². The van der Waals surface area contributed by atoms with Gasteiger partial charge in [0, 0.05) is 32.6 Å². The predicted octanol–water partition coefficient (Wildman–Crippen LogP) is 4.19. The molecule has 4 rings (SSSR count). The third-order valence-corrected chi connectivity index (χ3v) is 7.49. The molecular weight excluding hydrogens is 479 g/mol. The molecule has 2 N–H and O–H groups in total. The summed E-state index contributed by atoms with van der Waals surface area (Å²) in [6.45, 7) is 4.79. The number of thiocarbonyl (C=S) groups is 1. The summed E-state index contributed by atoms with van der Waals surface area (Å²) in [5.74, 6) is -0.414. The smallest absolute Gasteiger partial charge is 0.407 e. The molecule has 0 aromatic heterocycles. The summed E-state index contributed by atoms with van der Waals surface area (Å²) in [6.07, 6.45) is 2.53. The molecule has 2 amide bonds. The van der Waals surface area contributed by atoms with Crippen molar-refractivity contribution in [2.75, 3.05) is 38.1 Å². The Morgan fingerprint density at radius 1 is 1.03 bits per heavy atom. The number of anilines is 1. The third-order valence-electron chi connectivity index (χ3n) is 7.13. The van der Waals surface area contributed by atoms with Crippen LogP contribution in [0.5, 0.6) is 0 Å². The molecule has 9 heteroatoms. The van der Waals surface area contributed by atoms with Crippen LogP contribution in [0.25, 0.3) is 0 Å². The first-order valence-corrected chi connectivity index (χ1v) is 12.9. The fourth-order valence-electron chi connectivity index (χ4n) is 5.06. The molecule has 1 spiro atoms. The number of carbonyl (C=O) groups excluding carboxylic acids is 2. The van der Waals surface area contributed by atoms with Crippen LogP contribution >= 0.6 is 12.2 Å². The number of rotatable bonds is 6. The summed E-state index contributed by atoms with van der Waals surface area (Å²) in [4.78, 5) is 29.6. The average Bonchev–Trinajstić information content (AvgIpc) is 3.29. The zero-order chi connectivity index (χ0) is 25.5. The van der Waals surface area contributed by atoms with Crippen LogP contribution in [0.2, 0.25) is 0 Å². The number of amides is 2. The van der Waals surface area contributed by atoms with Crippen molar-refractivity contribution in [3.05, 3.63) is 66.0 Å². The van der Waals surface area contributed by atoms with Gasteiger partial charge in [-0.2, -0.15) is 0 Å². The van der Waals surface area contributed by atoms with Crippen LogP contribution in [-0.4, -0.2) is 65.7 Å². The van der Waals surface area contributed by atoms with Gasteiger partial charge >= 0.3 is 6.09 Å². The number of alkyl carbamates (subject to hydrolysis) is 1. The average molecular weight is 513 g/mol. The maximum Gasteiger partial charge on any atom is 0.407 e. The maximum absolute atomic E-state index is 14.0. The molecule has 0 aliphatic carbocycles. The molecule has 2 aromatic carbocycles. The lowest BCUT2D eigenvalue weighted by Gasteiger charge is -2.40. The van der Waals surface area contributed by atoms with Crippen molar-refractivity contribution in [3.8, 4) is 0 Å². The van der Waals surface area contributed by atoms with Crippen LogP contribution in [0, 0.1) is 11.2 Å². The van der Waals surface area contributed by atoms with Gasteiger partial charge in [0.1, 0.15) is 11.9 Å². The van der Waals surface area contributed by atoms with Gasteiger partial charge in [-0.15, -0.1) is 0 Å². The molecule has 192 valence electrons. The van der Waals surface area contributed by atoms with E-state index < -0.39 is 12.1 Å². The SMILES string of the molecule is CCOC(=O)N[C@@H](Cc1ccccc1)C(=O)N1CCC2(CCN(C(=S)Nc3ccccc3F)CC2)C1. The van der Waals surface area contributed by atoms with Crippen LogP contribution in [0.15, 0.2) is 54.6 Å². The van der Waals surface area contributed by atoms with Crippen molar-refractivity contribution in [1.29, 1.82) is 0 Å². The molecule has 2 aromatic rings. The Labute approximate surface area is 217 Å². The van der Waals surface area contributed by atoms with Crippen LogP contribution in [-0.2, 0) is 16.0 Å². The highest BCUT2D eigenvalue weighted by Gasteiger charge is 2.43. The molecule has 2 saturated heterocycles. The van der Waals surface area contributed by atoms with Crippen molar-refractivity contribution < 1.29 is 18.7 Å². The highest BCUT2D eigenvalue weighted by atomic mass is 32.1. The summed E-state index contributed by atoms with van der Waals surface area (Å²) in [5.41, 5.74) is 1.38. The van der Waals surface area contributed by atoms with E-state index in [0.29, 0.717) is 30.3 Å². The van der Waals surface area contributed by atoms with Gasteiger partial charge in [-0.3, -0.25) is 4.79 Å². The molecule has 0 bridgehead atoms. The van der Waals surface area contributed by atoms with E-state index >= 15 is 0 Å². The zero-order valence-electron chi connectivity index (χ0n) is 20.5. The van der Waals surface area contributed by atoms with Crippen LogP contribution in [0.1, 0.15) is 31.7 Å². The molecule has 36 heavy (non-hydrogen) atoms. The standard InChI is InChI=1S/C27H33FN4O3S/c1-2-35-26(34)30-23(18-20-8-4-3-5-9-20)24(33)32-17-14-27(19-32)12-15-31(16-13-27)25(36)29-22-11-7-6-10-21(22)28/h3-11,23H,2,12-19H2,1H3,(H,29,36)(H,30,34)/t23-/m0/s1. The fraction of sp³-hybridized carbons (Fsp3) is 0.444. The Kier molecular flexibility index (Phi) is 8.40. The molecule has 1 atom stereocenters. The van der Waals surface area contributed by atoms with Crippen molar-refractivity contribution in [1.82, 2.24) is 15.1 Å². The quantitative estimate of drug-likeness (QED) is 0.566. The summed E-state index contributed by atoms with van der Waals surface area (Å²) in [7, 11) is 0.